The molecule has 8 heteroatoms. The number of anilines is 1. The number of aromatic nitrogens is 1. The predicted molar refractivity (Wildman–Crippen MR) is 164 cm³/mol. The van der Waals surface area contributed by atoms with Crippen LogP contribution < -0.4 is 19.7 Å². The fourth-order valence-electron chi connectivity index (χ4n) is 4.85. The normalized spacial score (nSPS) is 16.6. The monoisotopic (exact) mass is 611 g/mol. The first-order valence-corrected chi connectivity index (χ1v) is 14.0. The van der Waals surface area contributed by atoms with Crippen molar-refractivity contribution in [2.75, 3.05) is 12.0 Å². The third-order valence-electron chi connectivity index (χ3n) is 6.82. The summed E-state index contributed by atoms with van der Waals surface area (Å²) in [7, 11) is 1.64. The van der Waals surface area contributed by atoms with Crippen LogP contribution in [-0.2, 0) is 0 Å². The van der Waals surface area contributed by atoms with E-state index < -0.39 is 0 Å². The summed E-state index contributed by atoms with van der Waals surface area (Å²) in [5.41, 5.74) is 3.96. The molecule has 0 amide bonds. The Morgan fingerprint density at radius 1 is 0.900 bits per heavy atom. The van der Waals surface area contributed by atoms with Crippen molar-refractivity contribution in [1.29, 1.82) is 0 Å². The maximum atomic E-state index is 6.51. The average Bonchev–Trinajstić information content (AvgIpc) is 3.59. The lowest BCUT2D eigenvalue weighted by Gasteiger charge is -2.26. The van der Waals surface area contributed by atoms with Gasteiger partial charge < -0.3 is 24.1 Å². The summed E-state index contributed by atoms with van der Waals surface area (Å²) in [5, 5.41) is 4.08. The first-order chi connectivity index (χ1) is 19.5. The van der Waals surface area contributed by atoms with Gasteiger partial charge in [0, 0.05) is 21.9 Å². The van der Waals surface area contributed by atoms with Gasteiger partial charge in [-0.3, -0.25) is 4.98 Å². The van der Waals surface area contributed by atoms with Crippen molar-refractivity contribution in [3.63, 3.8) is 0 Å². The van der Waals surface area contributed by atoms with Crippen LogP contribution in [0.4, 0.5) is 5.69 Å². The van der Waals surface area contributed by atoms with Gasteiger partial charge in [0.25, 0.3) is 0 Å². The first-order valence-electron chi connectivity index (χ1n) is 12.8. The fraction of sp³-hybridized carbons (Fsp3) is 0.125. The highest BCUT2D eigenvalue weighted by molar-refractivity contribution is 9.10. The molecule has 200 valence electrons. The molecular formula is C32H26BrN3O3S. The quantitative estimate of drug-likeness (QED) is 0.185. The summed E-state index contributed by atoms with van der Waals surface area (Å²) in [6.07, 6.45) is 1.79. The number of nitrogens with one attached hydrogen (secondary N) is 1. The topological polar surface area (TPSA) is 59.8 Å². The zero-order chi connectivity index (χ0) is 27.6. The van der Waals surface area contributed by atoms with E-state index >= 15 is 0 Å². The van der Waals surface area contributed by atoms with E-state index in [1.807, 2.05) is 78.9 Å². The highest BCUT2D eigenvalue weighted by Crippen LogP contribution is 2.44. The Morgan fingerprint density at radius 3 is 2.30 bits per heavy atom. The standard InChI is InChI=1S/C32H26BrN3O3S/c1-20-6-15-25(26(33)19-20)28-16-17-29(39-28)31-30(27-5-3-4-18-34-27)35-32(40)36(31)21-7-9-23(10-8-21)38-24-13-11-22(37-2)12-14-24/h3-19,30-31H,1-2H3,(H,35,40)/t30-,31+/m0/s1. The third kappa shape index (κ3) is 5.20. The Bertz CT molecular complexity index is 1640. The van der Waals surface area contributed by atoms with E-state index in [1.54, 1.807) is 13.3 Å². The van der Waals surface area contributed by atoms with Gasteiger partial charge in [-0.25, -0.2) is 0 Å². The highest BCUT2D eigenvalue weighted by Gasteiger charge is 2.42. The van der Waals surface area contributed by atoms with Crippen LogP contribution in [0.25, 0.3) is 11.3 Å². The van der Waals surface area contributed by atoms with Gasteiger partial charge in [0.2, 0.25) is 0 Å². The number of methoxy groups -OCH3 is 1. The number of rotatable bonds is 7. The predicted octanol–water partition coefficient (Wildman–Crippen LogP) is 8.39. The van der Waals surface area contributed by atoms with Gasteiger partial charge in [-0.15, -0.1) is 0 Å². The summed E-state index contributed by atoms with van der Waals surface area (Å²) in [5.74, 6) is 3.79. The van der Waals surface area contributed by atoms with Crippen molar-refractivity contribution in [2.45, 2.75) is 19.0 Å². The molecule has 0 bridgehead atoms. The lowest BCUT2D eigenvalue weighted by Crippen LogP contribution is -2.29. The maximum absolute atomic E-state index is 6.51. The van der Waals surface area contributed by atoms with Gasteiger partial charge in [-0.2, -0.15) is 0 Å². The van der Waals surface area contributed by atoms with E-state index in [0.717, 1.165) is 44.4 Å². The molecular weight excluding hydrogens is 586 g/mol. The third-order valence-corrected chi connectivity index (χ3v) is 7.79. The van der Waals surface area contributed by atoms with E-state index in [4.69, 9.17) is 26.1 Å². The van der Waals surface area contributed by atoms with Crippen LogP contribution in [0, 0.1) is 6.92 Å². The molecule has 6 nitrogen and oxygen atoms in total. The van der Waals surface area contributed by atoms with Crippen LogP contribution in [0.5, 0.6) is 17.2 Å². The average molecular weight is 613 g/mol. The molecule has 1 saturated heterocycles. The molecule has 40 heavy (non-hydrogen) atoms. The summed E-state index contributed by atoms with van der Waals surface area (Å²) < 4.78 is 18.8. The summed E-state index contributed by atoms with van der Waals surface area (Å²) in [6, 6.07) is 31.0. The van der Waals surface area contributed by atoms with E-state index in [9.17, 15) is 0 Å². The van der Waals surface area contributed by atoms with Crippen molar-refractivity contribution in [1.82, 2.24) is 10.3 Å². The molecule has 1 aliphatic heterocycles. The Balaban J connectivity index is 1.33. The molecule has 6 rings (SSSR count). The highest BCUT2D eigenvalue weighted by atomic mass is 79.9. The number of hydrogen-bond acceptors (Lipinski definition) is 5. The summed E-state index contributed by atoms with van der Waals surface area (Å²) in [6.45, 7) is 2.07. The molecule has 0 spiro atoms. The molecule has 2 aromatic heterocycles. The van der Waals surface area contributed by atoms with Crippen LogP contribution in [0.2, 0.25) is 0 Å². The largest absolute Gasteiger partial charge is 0.497 e. The lowest BCUT2D eigenvalue weighted by molar-refractivity contribution is 0.413. The first kappa shape index (κ1) is 26.1. The van der Waals surface area contributed by atoms with Crippen LogP contribution in [0.1, 0.15) is 29.1 Å². The molecule has 3 aromatic carbocycles. The number of ether oxygens (including phenoxy) is 2. The summed E-state index contributed by atoms with van der Waals surface area (Å²) in [4.78, 5) is 6.72. The second kappa shape index (κ2) is 11.2. The zero-order valence-electron chi connectivity index (χ0n) is 21.9. The second-order valence-electron chi connectivity index (χ2n) is 9.45. The minimum Gasteiger partial charge on any atom is -0.497 e. The van der Waals surface area contributed by atoms with E-state index in [1.165, 1.54) is 5.56 Å². The number of thiocarbonyl (C=S) groups is 1. The molecule has 3 heterocycles. The molecule has 1 aliphatic rings. The van der Waals surface area contributed by atoms with Crippen molar-refractivity contribution in [2.24, 2.45) is 0 Å². The van der Waals surface area contributed by atoms with Gasteiger partial charge in [0.1, 0.15) is 34.8 Å². The van der Waals surface area contributed by atoms with Crippen molar-refractivity contribution in [3.05, 3.63) is 125 Å². The van der Waals surface area contributed by atoms with E-state index in [0.29, 0.717) is 10.9 Å². The van der Waals surface area contributed by atoms with Gasteiger partial charge in [-0.1, -0.05) is 28.1 Å². The Morgan fingerprint density at radius 2 is 1.62 bits per heavy atom. The number of aryl methyl sites for hydroxylation is 1. The van der Waals surface area contributed by atoms with Crippen molar-refractivity contribution < 1.29 is 13.9 Å². The number of hydrogen-bond donors (Lipinski definition) is 1. The number of pyridine rings is 1. The smallest absolute Gasteiger partial charge is 0.174 e. The summed E-state index contributed by atoms with van der Waals surface area (Å²) >= 11 is 9.56. The Labute approximate surface area is 246 Å². The van der Waals surface area contributed by atoms with E-state index in [-0.39, 0.29) is 12.1 Å². The molecule has 5 aromatic rings. The Kier molecular flexibility index (Phi) is 7.28. The minimum atomic E-state index is -0.256. The SMILES string of the molecule is COc1ccc(Oc2ccc(N3C(=S)N[C@@H](c4ccccn4)[C@H]3c3ccc(-c4ccc(C)cc4Br)o3)cc2)cc1. The van der Waals surface area contributed by atoms with Crippen molar-refractivity contribution >= 4 is 38.9 Å². The Hall–Kier alpha value is -4.14. The molecule has 0 saturated carbocycles. The maximum Gasteiger partial charge on any atom is 0.174 e. The fourth-order valence-corrected chi connectivity index (χ4v) is 5.89. The van der Waals surface area contributed by atoms with Gasteiger partial charge >= 0.3 is 0 Å². The molecule has 1 N–H and O–H groups in total. The van der Waals surface area contributed by atoms with Crippen LogP contribution in [0.3, 0.4) is 0 Å². The van der Waals surface area contributed by atoms with E-state index in [2.05, 4.69) is 56.3 Å². The lowest BCUT2D eigenvalue weighted by atomic mass is 10.0. The van der Waals surface area contributed by atoms with Gasteiger partial charge in [0.05, 0.1) is 18.8 Å². The minimum absolute atomic E-state index is 0.204. The zero-order valence-corrected chi connectivity index (χ0v) is 24.3. The molecule has 2 atom stereocenters. The van der Waals surface area contributed by atoms with Crippen LogP contribution in [-0.4, -0.2) is 17.2 Å². The molecule has 1 fully saturated rings. The van der Waals surface area contributed by atoms with Gasteiger partial charge in [0.15, 0.2) is 5.11 Å². The second-order valence-corrected chi connectivity index (χ2v) is 10.7. The number of halogens is 1. The molecule has 0 aliphatic carbocycles. The van der Waals surface area contributed by atoms with Gasteiger partial charge in [-0.05, 0) is 110 Å². The molecule has 0 radical (unpaired) electrons. The number of furan rings is 1. The van der Waals surface area contributed by atoms with Crippen LogP contribution in [0.15, 0.2) is 112 Å². The van der Waals surface area contributed by atoms with Crippen LogP contribution >= 0.6 is 28.1 Å². The molecule has 0 unspecified atom stereocenters. The number of nitrogens with zero attached hydrogens (tertiary/aromatic N) is 2. The van der Waals surface area contributed by atoms with Crippen molar-refractivity contribution in [3.8, 4) is 28.6 Å². The number of benzene rings is 3.